The van der Waals surface area contributed by atoms with E-state index in [0.717, 1.165) is 29.3 Å². The Labute approximate surface area is 106 Å². The highest BCUT2D eigenvalue weighted by Crippen LogP contribution is 2.17. The van der Waals surface area contributed by atoms with Crippen molar-refractivity contribution in [3.8, 4) is 5.75 Å². The minimum absolute atomic E-state index is 0.786. The average Bonchev–Trinajstić information content (AvgIpc) is 2.67. The van der Waals surface area contributed by atoms with E-state index in [0.29, 0.717) is 0 Å². The number of ether oxygens (including phenoxy) is 1. The first-order valence-electron chi connectivity index (χ1n) is 5.85. The van der Waals surface area contributed by atoms with Crippen LogP contribution < -0.4 is 4.74 Å². The molecule has 1 aromatic carbocycles. The number of halogens is 1. The van der Waals surface area contributed by atoms with Gasteiger partial charge in [0.1, 0.15) is 12.4 Å². The molecule has 1 unspecified atom stereocenters. The van der Waals surface area contributed by atoms with Gasteiger partial charge in [-0.2, -0.15) is 0 Å². The molecule has 88 valence electrons. The van der Waals surface area contributed by atoms with Crippen molar-refractivity contribution in [2.45, 2.75) is 13.3 Å². The lowest BCUT2D eigenvalue weighted by Crippen LogP contribution is -2.25. The highest BCUT2D eigenvalue weighted by molar-refractivity contribution is 9.10. The summed E-state index contributed by atoms with van der Waals surface area (Å²) in [5.74, 6) is 1.81. The second-order valence-corrected chi connectivity index (χ2v) is 5.41. The minimum atomic E-state index is 0.786. The Balaban J connectivity index is 1.70. The van der Waals surface area contributed by atoms with Crippen molar-refractivity contribution in [1.82, 2.24) is 4.90 Å². The molecule has 2 rings (SSSR count). The first-order valence-corrected chi connectivity index (χ1v) is 6.64. The molecule has 0 spiro atoms. The van der Waals surface area contributed by atoms with Gasteiger partial charge in [-0.15, -0.1) is 0 Å². The fraction of sp³-hybridized carbons (Fsp3) is 0.538. The van der Waals surface area contributed by atoms with Crippen LogP contribution in [0.5, 0.6) is 5.75 Å². The summed E-state index contributed by atoms with van der Waals surface area (Å²) in [5.41, 5.74) is 0. The molecule has 1 saturated heterocycles. The summed E-state index contributed by atoms with van der Waals surface area (Å²) in [7, 11) is 0. The summed E-state index contributed by atoms with van der Waals surface area (Å²) in [6, 6.07) is 8.01. The Bertz CT molecular complexity index is 325. The van der Waals surface area contributed by atoms with Crippen molar-refractivity contribution < 1.29 is 4.74 Å². The van der Waals surface area contributed by atoms with Crippen LogP contribution in [0.3, 0.4) is 0 Å². The molecule has 0 N–H and O–H groups in total. The first-order chi connectivity index (χ1) is 7.74. The predicted molar refractivity (Wildman–Crippen MR) is 69.9 cm³/mol. The van der Waals surface area contributed by atoms with Gasteiger partial charge in [-0.25, -0.2) is 0 Å². The Morgan fingerprint density at radius 2 is 2.12 bits per heavy atom. The summed E-state index contributed by atoms with van der Waals surface area (Å²) in [6.07, 6.45) is 1.33. The largest absolute Gasteiger partial charge is 0.492 e. The molecule has 0 amide bonds. The van der Waals surface area contributed by atoms with Crippen molar-refractivity contribution >= 4 is 15.9 Å². The van der Waals surface area contributed by atoms with Gasteiger partial charge in [0.15, 0.2) is 0 Å². The number of nitrogens with zero attached hydrogens (tertiary/aromatic N) is 1. The Hall–Kier alpha value is -0.540. The van der Waals surface area contributed by atoms with Crippen LogP contribution in [0, 0.1) is 5.92 Å². The Kier molecular flexibility index (Phi) is 4.24. The molecule has 2 nitrogen and oxygen atoms in total. The zero-order chi connectivity index (χ0) is 11.4. The maximum atomic E-state index is 5.70. The van der Waals surface area contributed by atoms with Gasteiger partial charge in [0.25, 0.3) is 0 Å². The van der Waals surface area contributed by atoms with Crippen molar-refractivity contribution in [3.05, 3.63) is 28.7 Å². The fourth-order valence-electron chi connectivity index (χ4n) is 2.05. The van der Waals surface area contributed by atoms with Crippen LogP contribution in [-0.4, -0.2) is 31.1 Å². The normalized spacial score (nSPS) is 21.2. The molecule has 1 aromatic rings. The molecule has 0 aliphatic carbocycles. The van der Waals surface area contributed by atoms with Crippen molar-refractivity contribution in [1.29, 1.82) is 0 Å². The zero-order valence-electron chi connectivity index (χ0n) is 9.66. The van der Waals surface area contributed by atoms with Gasteiger partial charge in [-0.05, 0) is 43.1 Å². The third kappa shape index (κ3) is 3.49. The number of hydrogen-bond donors (Lipinski definition) is 0. The molecule has 1 aliphatic heterocycles. The summed E-state index contributed by atoms with van der Waals surface area (Å²) < 4.78 is 6.79. The Morgan fingerprint density at radius 3 is 2.75 bits per heavy atom. The van der Waals surface area contributed by atoms with E-state index >= 15 is 0 Å². The Morgan fingerprint density at radius 1 is 1.38 bits per heavy atom. The van der Waals surface area contributed by atoms with Gasteiger partial charge < -0.3 is 4.74 Å². The minimum Gasteiger partial charge on any atom is -0.492 e. The van der Waals surface area contributed by atoms with E-state index in [1.807, 2.05) is 24.3 Å². The molecule has 1 atom stereocenters. The van der Waals surface area contributed by atoms with Gasteiger partial charge >= 0.3 is 0 Å². The highest BCUT2D eigenvalue weighted by atomic mass is 79.9. The summed E-state index contributed by atoms with van der Waals surface area (Å²) in [4.78, 5) is 2.48. The van der Waals surface area contributed by atoms with E-state index in [9.17, 15) is 0 Å². The molecule has 3 heteroatoms. The molecular weight excluding hydrogens is 266 g/mol. The van der Waals surface area contributed by atoms with E-state index in [-0.39, 0.29) is 0 Å². The highest BCUT2D eigenvalue weighted by Gasteiger charge is 2.17. The van der Waals surface area contributed by atoms with E-state index in [1.54, 1.807) is 0 Å². The second kappa shape index (κ2) is 5.69. The lowest BCUT2D eigenvalue weighted by molar-refractivity contribution is 0.234. The molecule has 0 bridgehead atoms. The summed E-state index contributed by atoms with van der Waals surface area (Å²) in [6.45, 7) is 6.60. The van der Waals surface area contributed by atoms with Crippen LogP contribution in [0.1, 0.15) is 13.3 Å². The summed E-state index contributed by atoms with van der Waals surface area (Å²) >= 11 is 3.41. The smallest absolute Gasteiger partial charge is 0.119 e. The summed E-state index contributed by atoms with van der Waals surface area (Å²) in [5, 5.41) is 0. The van der Waals surface area contributed by atoms with Crippen LogP contribution in [-0.2, 0) is 0 Å². The molecule has 1 aliphatic rings. The van der Waals surface area contributed by atoms with Gasteiger partial charge in [0.05, 0.1) is 0 Å². The topological polar surface area (TPSA) is 12.5 Å². The van der Waals surface area contributed by atoms with E-state index in [4.69, 9.17) is 4.74 Å². The SMILES string of the molecule is CC1CCN(CCOc2ccc(Br)cc2)C1. The van der Waals surface area contributed by atoms with Crippen LogP contribution in [0.15, 0.2) is 28.7 Å². The molecule has 0 aromatic heterocycles. The molecule has 0 radical (unpaired) electrons. The lowest BCUT2D eigenvalue weighted by Gasteiger charge is -2.15. The van der Waals surface area contributed by atoms with Crippen molar-refractivity contribution in [2.24, 2.45) is 5.92 Å². The first kappa shape index (κ1) is 11.9. The van der Waals surface area contributed by atoms with Crippen molar-refractivity contribution in [3.63, 3.8) is 0 Å². The van der Waals surface area contributed by atoms with Gasteiger partial charge in [-0.3, -0.25) is 4.90 Å². The lowest BCUT2D eigenvalue weighted by atomic mass is 10.2. The number of benzene rings is 1. The molecule has 0 saturated carbocycles. The third-order valence-electron chi connectivity index (χ3n) is 3.00. The van der Waals surface area contributed by atoms with E-state index in [1.165, 1.54) is 19.5 Å². The van der Waals surface area contributed by atoms with Crippen LogP contribution in [0.2, 0.25) is 0 Å². The van der Waals surface area contributed by atoms with Crippen LogP contribution >= 0.6 is 15.9 Å². The van der Waals surface area contributed by atoms with Gasteiger partial charge in [0, 0.05) is 17.6 Å². The van der Waals surface area contributed by atoms with Gasteiger partial charge in [0.2, 0.25) is 0 Å². The average molecular weight is 284 g/mol. The van der Waals surface area contributed by atoms with Crippen LogP contribution in [0.4, 0.5) is 0 Å². The predicted octanol–water partition coefficient (Wildman–Crippen LogP) is 3.17. The van der Waals surface area contributed by atoms with Gasteiger partial charge in [-0.1, -0.05) is 22.9 Å². The fourth-order valence-corrected chi connectivity index (χ4v) is 2.32. The molecular formula is C13H18BrNO. The molecule has 1 heterocycles. The third-order valence-corrected chi connectivity index (χ3v) is 3.53. The molecule has 16 heavy (non-hydrogen) atoms. The quantitative estimate of drug-likeness (QED) is 0.842. The maximum Gasteiger partial charge on any atom is 0.119 e. The monoisotopic (exact) mass is 283 g/mol. The van der Waals surface area contributed by atoms with Crippen molar-refractivity contribution in [2.75, 3.05) is 26.2 Å². The number of hydrogen-bond acceptors (Lipinski definition) is 2. The number of rotatable bonds is 4. The second-order valence-electron chi connectivity index (χ2n) is 4.50. The maximum absolute atomic E-state index is 5.70. The molecule has 1 fully saturated rings. The van der Waals surface area contributed by atoms with Crippen LogP contribution in [0.25, 0.3) is 0 Å². The zero-order valence-corrected chi connectivity index (χ0v) is 11.2. The van der Waals surface area contributed by atoms with E-state index in [2.05, 4.69) is 27.8 Å². The van der Waals surface area contributed by atoms with E-state index < -0.39 is 0 Å². The number of likely N-dealkylation sites (tertiary alicyclic amines) is 1. The standard InChI is InChI=1S/C13H18BrNO/c1-11-6-7-15(10-11)8-9-16-13-4-2-12(14)3-5-13/h2-5,11H,6-10H2,1H3.